The van der Waals surface area contributed by atoms with Gasteiger partial charge in [-0.05, 0) is 23.6 Å². The van der Waals surface area contributed by atoms with Gasteiger partial charge in [-0.1, -0.05) is 24.3 Å². The molecule has 2 aromatic heterocycles. The molecule has 0 bridgehead atoms. The molecule has 1 N–H and O–H groups in total. The van der Waals surface area contributed by atoms with Crippen molar-refractivity contribution in [1.82, 2.24) is 19.9 Å². The van der Waals surface area contributed by atoms with Crippen molar-refractivity contribution < 1.29 is 19.0 Å². The van der Waals surface area contributed by atoms with E-state index in [1.807, 2.05) is 24.3 Å². The summed E-state index contributed by atoms with van der Waals surface area (Å²) in [6.45, 7) is 2.41. The highest BCUT2D eigenvalue weighted by Gasteiger charge is 2.21. The molecule has 2 aliphatic rings. The van der Waals surface area contributed by atoms with Gasteiger partial charge in [0.1, 0.15) is 18.4 Å². The van der Waals surface area contributed by atoms with Crippen LogP contribution in [0.1, 0.15) is 16.1 Å². The number of pyridine rings is 1. The second kappa shape index (κ2) is 9.13. The van der Waals surface area contributed by atoms with Crippen molar-refractivity contribution >= 4 is 5.91 Å². The molecular weight excluding hydrogens is 424 g/mol. The summed E-state index contributed by atoms with van der Waals surface area (Å²) in [5, 5.41) is 2.57. The van der Waals surface area contributed by atoms with Crippen LogP contribution < -0.4 is 15.7 Å². The highest BCUT2D eigenvalue weighted by atomic mass is 16.6. The molecule has 3 aromatic rings. The third kappa shape index (κ3) is 4.37. The van der Waals surface area contributed by atoms with Crippen LogP contribution in [0.3, 0.4) is 0 Å². The summed E-state index contributed by atoms with van der Waals surface area (Å²) in [5.74, 6) is 0.0644. The maximum absolute atomic E-state index is 12.6. The van der Waals surface area contributed by atoms with Crippen molar-refractivity contribution in [1.29, 1.82) is 0 Å². The van der Waals surface area contributed by atoms with Gasteiger partial charge in [0.15, 0.2) is 0 Å². The average Bonchev–Trinajstić information content (AvgIpc) is 2.87. The van der Waals surface area contributed by atoms with E-state index in [2.05, 4.69) is 21.4 Å². The fourth-order valence-electron chi connectivity index (χ4n) is 4.10. The van der Waals surface area contributed by atoms with Crippen LogP contribution in [0, 0.1) is 0 Å². The van der Waals surface area contributed by atoms with Gasteiger partial charge in [0, 0.05) is 37.0 Å². The number of rotatable bonds is 5. The number of amides is 1. The number of nitrogens with one attached hydrogen (secondary N) is 1. The number of fused-ring (bicyclic) bond motifs is 3. The normalized spacial score (nSPS) is 17.1. The second-order valence-corrected chi connectivity index (χ2v) is 7.93. The molecule has 1 atom stereocenters. The molecule has 2 aliphatic heterocycles. The summed E-state index contributed by atoms with van der Waals surface area (Å²) < 4.78 is 18.4. The third-order valence-electron chi connectivity index (χ3n) is 5.83. The Morgan fingerprint density at radius 2 is 2.09 bits per heavy atom. The molecule has 5 rings (SSSR count). The number of hydrogen-bond donors (Lipinski definition) is 1. The number of nitrogens with zero attached hydrogens (tertiary/aromatic N) is 3. The Labute approximate surface area is 190 Å². The first-order chi connectivity index (χ1) is 16.1. The van der Waals surface area contributed by atoms with E-state index in [-0.39, 0.29) is 30.2 Å². The zero-order valence-electron chi connectivity index (χ0n) is 18.2. The van der Waals surface area contributed by atoms with Crippen molar-refractivity contribution in [3.8, 4) is 28.3 Å². The molecule has 0 aliphatic carbocycles. The average molecular weight is 448 g/mol. The maximum atomic E-state index is 12.6. The van der Waals surface area contributed by atoms with Crippen molar-refractivity contribution in [3.63, 3.8) is 0 Å². The van der Waals surface area contributed by atoms with E-state index in [0.29, 0.717) is 32.1 Å². The van der Waals surface area contributed by atoms with Crippen LogP contribution in [0.25, 0.3) is 22.4 Å². The smallest absolute Gasteiger partial charge is 0.351 e. The zero-order valence-corrected chi connectivity index (χ0v) is 18.2. The molecule has 33 heavy (non-hydrogen) atoms. The minimum absolute atomic E-state index is 0.169. The minimum Gasteiger partial charge on any atom is -0.475 e. The summed E-state index contributed by atoms with van der Waals surface area (Å²) in [6, 6.07) is 11.5. The summed E-state index contributed by atoms with van der Waals surface area (Å²) >= 11 is 0. The van der Waals surface area contributed by atoms with Crippen LogP contribution in [0.2, 0.25) is 0 Å². The Kier molecular flexibility index (Phi) is 5.89. The van der Waals surface area contributed by atoms with Gasteiger partial charge in [-0.25, -0.2) is 4.79 Å². The van der Waals surface area contributed by atoms with Crippen molar-refractivity contribution in [2.75, 3.05) is 33.5 Å². The van der Waals surface area contributed by atoms with Gasteiger partial charge in [0.2, 0.25) is 5.88 Å². The first-order valence-electron chi connectivity index (χ1n) is 10.9. The SMILES string of the molecule is CNC(=O)c1ccc(-c2ccc3c(c2)CCn2c-3cc(OCC3COCCO3)nc2=O)cn1. The minimum atomic E-state index is -0.327. The van der Waals surface area contributed by atoms with Crippen LogP contribution in [0.4, 0.5) is 0 Å². The van der Waals surface area contributed by atoms with E-state index in [0.717, 1.165) is 34.4 Å². The zero-order chi connectivity index (χ0) is 22.8. The van der Waals surface area contributed by atoms with E-state index in [9.17, 15) is 9.59 Å². The van der Waals surface area contributed by atoms with E-state index < -0.39 is 0 Å². The molecule has 1 saturated heterocycles. The molecule has 0 spiro atoms. The fourth-order valence-corrected chi connectivity index (χ4v) is 4.10. The molecule has 1 unspecified atom stereocenters. The van der Waals surface area contributed by atoms with Gasteiger partial charge >= 0.3 is 5.69 Å². The van der Waals surface area contributed by atoms with E-state index >= 15 is 0 Å². The first kappa shape index (κ1) is 21.3. The molecule has 0 radical (unpaired) electrons. The molecule has 0 saturated carbocycles. The summed E-state index contributed by atoms with van der Waals surface area (Å²) in [6.07, 6.45) is 2.24. The van der Waals surface area contributed by atoms with Gasteiger partial charge < -0.3 is 19.5 Å². The van der Waals surface area contributed by atoms with Crippen molar-refractivity contribution in [2.24, 2.45) is 0 Å². The highest BCUT2D eigenvalue weighted by Crippen LogP contribution is 2.33. The number of aryl methyl sites for hydroxylation is 1. The number of aromatic nitrogens is 3. The van der Waals surface area contributed by atoms with Gasteiger partial charge in [-0.2, -0.15) is 4.98 Å². The topological polar surface area (TPSA) is 105 Å². The molecule has 170 valence electrons. The first-order valence-corrected chi connectivity index (χ1v) is 10.9. The standard InChI is InChI=1S/C24H24N4O5/c1-25-23(29)20-5-3-17(12-26-20)15-2-4-19-16(10-15)6-7-28-21(19)11-22(27-24(28)30)33-14-18-13-31-8-9-32-18/h2-5,10-12,18H,6-9,13-14H2,1H3,(H,25,29). The highest BCUT2D eigenvalue weighted by molar-refractivity contribution is 5.92. The lowest BCUT2D eigenvalue weighted by molar-refractivity contribution is -0.102. The van der Waals surface area contributed by atoms with E-state index in [4.69, 9.17) is 14.2 Å². The van der Waals surface area contributed by atoms with Gasteiger partial charge in [-0.15, -0.1) is 0 Å². The maximum Gasteiger partial charge on any atom is 0.351 e. The Morgan fingerprint density at radius 1 is 1.21 bits per heavy atom. The van der Waals surface area contributed by atoms with Gasteiger partial charge in [0.25, 0.3) is 5.91 Å². The molecule has 4 heterocycles. The van der Waals surface area contributed by atoms with Crippen LogP contribution in [0.15, 0.2) is 47.4 Å². The number of benzene rings is 1. The summed E-state index contributed by atoms with van der Waals surface area (Å²) in [7, 11) is 1.58. The van der Waals surface area contributed by atoms with E-state index in [1.165, 1.54) is 0 Å². The van der Waals surface area contributed by atoms with Crippen LogP contribution in [-0.4, -0.2) is 60.0 Å². The van der Waals surface area contributed by atoms with E-state index in [1.54, 1.807) is 23.9 Å². The lowest BCUT2D eigenvalue weighted by Gasteiger charge is -2.24. The summed E-state index contributed by atoms with van der Waals surface area (Å²) in [5.41, 5.74) is 4.85. The molecule has 1 amide bonds. The summed E-state index contributed by atoms with van der Waals surface area (Å²) in [4.78, 5) is 32.7. The predicted molar refractivity (Wildman–Crippen MR) is 120 cm³/mol. The monoisotopic (exact) mass is 448 g/mol. The molecule has 1 aromatic carbocycles. The second-order valence-electron chi connectivity index (χ2n) is 7.93. The Bertz CT molecular complexity index is 1230. The quantitative estimate of drug-likeness (QED) is 0.633. The predicted octanol–water partition coefficient (Wildman–Crippen LogP) is 1.68. The number of carbonyl (C=O) groups excluding carboxylic acids is 1. The molecule has 9 nitrogen and oxygen atoms in total. The van der Waals surface area contributed by atoms with Crippen molar-refractivity contribution in [3.05, 3.63) is 64.3 Å². The number of ether oxygens (including phenoxy) is 3. The number of hydrogen-bond acceptors (Lipinski definition) is 7. The lowest BCUT2D eigenvalue weighted by atomic mass is 9.93. The van der Waals surface area contributed by atoms with Gasteiger partial charge in [-0.3, -0.25) is 14.3 Å². The Morgan fingerprint density at radius 3 is 2.85 bits per heavy atom. The fraction of sp³-hybridized carbons (Fsp3) is 0.333. The van der Waals surface area contributed by atoms with Crippen molar-refractivity contribution in [2.45, 2.75) is 19.1 Å². The van der Waals surface area contributed by atoms with Gasteiger partial charge in [0.05, 0.1) is 25.5 Å². The van der Waals surface area contributed by atoms with Crippen LogP contribution >= 0.6 is 0 Å². The lowest BCUT2D eigenvalue weighted by Crippen LogP contribution is -2.34. The molecule has 1 fully saturated rings. The van der Waals surface area contributed by atoms with Crippen LogP contribution in [0.5, 0.6) is 5.88 Å². The third-order valence-corrected chi connectivity index (χ3v) is 5.83. The van der Waals surface area contributed by atoms with Crippen LogP contribution in [-0.2, 0) is 22.4 Å². The Balaban J connectivity index is 1.41. The molecule has 9 heteroatoms. The molecular formula is C24H24N4O5. The Hall–Kier alpha value is -3.56. The number of carbonyl (C=O) groups is 1. The largest absolute Gasteiger partial charge is 0.475 e.